The number of rotatable bonds is 9. The van der Waals surface area contributed by atoms with Gasteiger partial charge in [-0.05, 0) is 36.8 Å². The fourth-order valence-electron chi connectivity index (χ4n) is 3.15. The number of likely N-dealkylation sites (tertiary alicyclic amines) is 1. The molecule has 2 aromatic rings. The first kappa shape index (κ1) is 21.2. The van der Waals surface area contributed by atoms with E-state index in [1.807, 2.05) is 6.07 Å². The van der Waals surface area contributed by atoms with E-state index < -0.39 is 0 Å². The summed E-state index contributed by atoms with van der Waals surface area (Å²) in [5.74, 6) is 0.607. The van der Waals surface area contributed by atoms with Crippen molar-refractivity contribution in [3.05, 3.63) is 48.5 Å². The summed E-state index contributed by atoms with van der Waals surface area (Å²) in [5.41, 5.74) is 1.10. The lowest BCUT2D eigenvalue weighted by atomic mass is 10.2. The Hall–Kier alpha value is -3.55. The fourth-order valence-corrected chi connectivity index (χ4v) is 3.15. The number of methoxy groups -OCH3 is 1. The molecule has 0 aliphatic carbocycles. The van der Waals surface area contributed by atoms with Gasteiger partial charge in [0.25, 0.3) is 5.91 Å². The van der Waals surface area contributed by atoms with E-state index in [1.165, 1.54) is 7.11 Å². The van der Waals surface area contributed by atoms with Crippen LogP contribution in [0.2, 0.25) is 0 Å². The highest BCUT2D eigenvalue weighted by Gasteiger charge is 2.20. The predicted octanol–water partition coefficient (Wildman–Crippen LogP) is 2.66. The molecule has 8 heteroatoms. The molecule has 158 valence electrons. The van der Waals surface area contributed by atoms with Gasteiger partial charge in [-0.25, -0.2) is 0 Å². The van der Waals surface area contributed by atoms with Gasteiger partial charge >= 0.3 is 0 Å². The van der Waals surface area contributed by atoms with Crippen LogP contribution in [0, 0.1) is 0 Å². The SMILES string of the molecule is COc1ccccc1OCC(=O)Nc1cccc(NC(=O)CCN2CCCC2=O)c1. The third-order valence-electron chi connectivity index (χ3n) is 4.64. The van der Waals surface area contributed by atoms with E-state index in [2.05, 4.69) is 10.6 Å². The van der Waals surface area contributed by atoms with E-state index in [0.717, 1.165) is 6.42 Å². The molecular formula is C22H25N3O5. The molecule has 0 unspecified atom stereocenters. The van der Waals surface area contributed by atoms with Gasteiger partial charge in [0, 0.05) is 37.3 Å². The van der Waals surface area contributed by atoms with E-state index in [0.29, 0.717) is 42.4 Å². The second-order valence-electron chi connectivity index (χ2n) is 6.85. The zero-order valence-electron chi connectivity index (χ0n) is 16.8. The summed E-state index contributed by atoms with van der Waals surface area (Å²) in [6.45, 7) is 0.951. The summed E-state index contributed by atoms with van der Waals surface area (Å²) in [6, 6.07) is 13.9. The quantitative estimate of drug-likeness (QED) is 0.661. The summed E-state index contributed by atoms with van der Waals surface area (Å²) >= 11 is 0. The number of carbonyl (C=O) groups is 3. The molecule has 1 fully saturated rings. The molecule has 1 saturated heterocycles. The van der Waals surface area contributed by atoms with Crippen molar-refractivity contribution < 1.29 is 23.9 Å². The summed E-state index contributed by atoms with van der Waals surface area (Å²) in [5, 5.41) is 5.53. The molecule has 3 amide bonds. The summed E-state index contributed by atoms with van der Waals surface area (Å²) in [7, 11) is 1.53. The number of benzene rings is 2. The number of hydrogen-bond donors (Lipinski definition) is 2. The van der Waals surface area contributed by atoms with E-state index >= 15 is 0 Å². The van der Waals surface area contributed by atoms with E-state index in [9.17, 15) is 14.4 Å². The molecule has 30 heavy (non-hydrogen) atoms. The molecule has 2 N–H and O–H groups in total. The molecule has 0 aromatic heterocycles. The van der Waals surface area contributed by atoms with Crippen LogP contribution in [0.1, 0.15) is 19.3 Å². The van der Waals surface area contributed by atoms with Crippen molar-refractivity contribution >= 4 is 29.1 Å². The number of nitrogens with zero attached hydrogens (tertiary/aromatic N) is 1. The Kier molecular flexibility index (Phi) is 7.26. The van der Waals surface area contributed by atoms with E-state index in [4.69, 9.17) is 9.47 Å². The van der Waals surface area contributed by atoms with Gasteiger partial charge < -0.3 is 25.0 Å². The van der Waals surface area contributed by atoms with Crippen molar-refractivity contribution in [2.75, 3.05) is 37.4 Å². The van der Waals surface area contributed by atoms with Gasteiger partial charge in [0.15, 0.2) is 18.1 Å². The lowest BCUT2D eigenvalue weighted by molar-refractivity contribution is -0.128. The first-order valence-electron chi connectivity index (χ1n) is 9.78. The standard InChI is InChI=1S/C22H25N3O5/c1-29-18-8-2-3-9-19(18)30-15-21(27)24-17-7-4-6-16(14-17)23-20(26)11-13-25-12-5-10-22(25)28/h2-4,6-9,14H,5,10-13,15H2,1H3,(H,23,26)(H,24,27). The maximum absolute atomic E-state index is 12.2. The number of para-hydroxylation sites is 2. The largest absolute Gasteiger partial charge is 0.493 e. The fraction of sp³-hybridized carbons (Fsp3) is 0.318. The van der Waals surface area contributed by atoms with Crippen LogP contribution < -0.4 is 20.1 Å². The first-order chi connectivity index (χ1) is 14.5. The Morgan fingerprint density at radius 2 is 1.70 bits per heavy atom. The zero-order valence-corrected chi connectivity index (χ0v) is 16.8. The molecule has 0 bridgehead atoms. The highest BCUT2D eigenvalue weighted by molar-refractivity contribution is 5.94. The highest BCUT2D eigenvalue weighted by Crippen LogP contribution is 2.25. The number of hydrogen-bond acceptors (Lipinski definition) is 5. The Bertz CT molecular complexity index is 915. The molecule has 0 atom stereocenters. The minimum absolute atomic E-state index is 0.0999. The lowest BCUT2D eigenvalue weighted by Crippen LogP contribution is -2.28. The van der Waals surface area contributed by atoms with E-state index in [-0.39, 0.29) is 30.7 Å². The van der Waals surface area contributed by atoms with Crippen molar-refractivity contribution in [2.24, 2.45) is 0 Å². The highest BCUT2D eigenvalue weighted by atomic mass is 16.5. The molecule has 0 spiro atoms. The van der Waals surface area contributed by atoms with Crippen LogP contribution in [-0.4, -0.2) is 49.4 Å². The van der Waals surface area contributed by atoms with Crippen molar-refractivity contribution in [3.8, 4) is 11.5 Å². The number of nitrogens with one attached hydrogen (secondary N) is 2. The normalized spacial score (nSPS) is 13.1. The number of carbonyl (C=O) groups excluding carboxylic acids is 3. The Labute approximate surface area is 175 Å². The van der Waals surface area contributed by atoms with Crippen LogP contribution in [0.5, 0.6) is 11.5 Å². The Morgan fingerprint density at radius 1 is 1.00 bits per heavy atom. The molecule has 0 radical (unpaired) electrons. The van der Waals surface area contributed by atoms with Crippen LogP contribution in [0.3, 0.4) is 0 Å². The van der Waals surface area contributed by atoms with Gasteiger partial charge in [-0.2, -0.15) is 0 Å². The average Bonchev–Trinajstić information content (AvgIpc) is 3.16. The molecule has 8 nitrogen and oxygen atoms in total. The zero-order chi connectivity index (χ0) is 21.3. The third-order valence-corrected chi connectivity index (χ3v) is 4.64. The third kappa shape index (κ3) is 5.97. The molecule has 1 aliphatic heterocycles. The molecule has 3 rings (SSSR count). The topological polar surface area (TPSA) is 97.0 Å². The minimum Gasteiger partial charge on any atom is -0.493 e. The van der Waals surface area contributed by atoms with Gasteiger partial charge in [-0.1, -0.05) is 18.2 Å². The number of anilines is 2. The molecule has 0 saturated carbocycles. The number of amides is 3. The Balaban J connectivity index is 1.47. The molecule has 2 aromatic carbocycles. The van der Waals surface area contributed by atoms with Gasteiger partial charge in [0.05, 0.1) is 7.11 Å². The van der Waals surface area contributed by atoms with Crippen LogP contribution >= 0.6 is 0 Å². The average molecular weight is 411 g/mol. The molecule has 1 aliphatic rings. The van der Waals surface area contributed by atoms with Crippen LogP contribution in [0.4, 0.5) is 11.4 Å². The summed E-state index contributed by atoms with van der Waals surface area (Å²) in [4.78, 5) is 37.7. The van der Waals surface area contributed by atoms with Gasteiger partial charge in [0.2, 0.25) is 11.8 Å². The summed E-state index contributed by atoms with van der Waals surface area (Å²) in [6.07, 6.45) is 1.64. The maximum atomic E-state index is 12.2. The summed E-state index contributed by atoms with van der Waals surface area (Å²) < 4.78 is 10.7. The van der Waals surface area contributed by atoms with Crippen LogP contribution in [0.25, 0.3) is 0 Å². The molecule has 1 heterocycles. The van der Waals surface area contributed by atoms with Crippen molar-refractivity contribution in [3.63, 3.8) is 0 Å². The second kappa shape index (κ2) is 10.3. The van der Waals surface area contributed by atoms with Crippen LogP contribution in [-0.2, 0) is 14.4 Å². The van der Waals surface area contributed by atoms with Gasteiger partial charge in [-0.3, -0.25) is 14.4 Å². The smallest absolute Gasteiger partial charge is 0.262 e. The van der Waals surface area contributed by atoms with Gasteiger partial charge in [0.1, 0.15) is 0 Å². The maximum Gasteiger partial charge on any atom is 0.262 e. The molecular weight excluding hydrogens is 386 g/mol. The van der Waals surface area contributed by atoms with Gasteiger partial charge in [-0.15, -0.1) is 0 Å². The van der Waals surface area contributed by atoms with Crippen LogP contribution in [0.15, 0.2) is 48.5 Å². The van der Waals surface area contributed by atoms with E-state index in [1.54, 1.807) is 47.4 Å². The lowest BCUT2D eigenvalue weighted by Gasteiger charge is -2.15. The van der Waals surface area contributed by atoms with Crippen molar-refractivity contribution in [1.29, 1.82) is 0 Å². The monoisotopic (exact) mass is 411 g/mol. The minimum atomic E-state index is -0.336. The predicted molar refractivity (Wildman–Crippen MR) is 113 cm³/mol. The van der Waals surface area contributed by atoms with Crippen molar-refractivity contribution in [2.45, 2.75) is 19.3 Å². The van der Waals surface area contributed by atoms with Crippen molar-refractivity contribution in [1.82, 2.24) is 4.90 Å². The second-order valence-corrected chi connectivity index (χ2v) is 6.85. The first-order valence-corrected chi connectivity index (χ1v) is 9.78. The Morgan fingerprint density at radius 3 is 2.37 bits per heavy atom. The number of ether oxygens (including phenoxy) is 2.